The van der Waals surface area contributed by atoms with Gasteiger partial charge in [-0.1, -0.05) is 20.3 Å². The molecule has 0 heterocycles. The zero-order valence-corrected chi connectivity index (χ0v) is 7.61. The van der Waals surface area contributed by atoms with E-state index in [1.165, 1.54) is 12.8 Å². The van der Waals surface area contributed by atoms with Crippen LogP contribution < -0.4 is 5.32 Å². The Morgan fingerprint density at radius 2 is 2.18 bits per heavy atom. The average molecular weight is 155 g/mol. The first-order valence-electron chi connectivity index (χ1n) is 4.29. The van der Waals surface area contributed by atoms with Gasteiger partial charge in [-0.3, -0.25) is 4.79 Å². The summed E-state index contributed by atoms with van der Waals surface area (Å²) in [4.78, 5) is 10.8. The van der Waals surface area contributed by atoms with Crippen molar-refractivity contribution in [1.29, 1.82) is 0 Å². The highest BCUT2D eigenvalue weighted by atomic mass is 16.1. The Kier molecular flexibility index (Phi) is 2.21. The van der Waals surface area contributed by atoms with Crippen LogP contribution in [0.1, 0.15) is 40.0 Å². The molecule has 1 aliphatic rings. The molecular formula is C9H17NO. The van der Waals surface area contributed by atoms with E-state index in [0.29, 0.717) is 11.5 Å². The fourth-order valence-corrected chi connectivity index (χ4v) is 1.84. The van der Waals surface area contributed by atoms with E-state index in [2.05, 4.69) is 19.2 Å². The van der Waals surface area contributed by atoms with Crippen molar-refractivity contribution in [3.8, 4) is 0 Å². The van der Waals surface area contributed by atoms with Gasteiger partial charge < -0.3 is 5.32 Å². The molecule has 0 radical (unpaired) electrons. The van der Waals surface area contributed by atoms with Gasteiger partial charge in [0.15, 0.2) is 0 Å². The quantitative estimate of drug-likeness (QED) is 0.613. The fourth-order valence-electron chi connectivity index (χ4n) is 1.84. The second-order valence-corrected chi connectivity index (χ2v) is 4.13. The topological polar surface area (TPSA) is 29.1 Å². The second kappa shape index (κ2) is 2.84. The normalized spacial score (nSPS) is 28.5. The van der Waals surface area contributed by atoms with Gasteiger partial charge in [0.1, 0.15) is 0 Å². The number of amides is 1. The van der Waals surface area contributed by atoms with E-state index < -0.39 is 0 Å². The summed E-state index contributed by atoms with van der Waals surface area (Å²) < 4.78 is 0. The maximum Gasteiger partial charge on any atom is 0.217 e. The molecular weight excluding hydrogens is 138 g/mol. The standard InChI is InChI=1S/C9H17NO/c1-7(11)10-8-5-4-6-9(8,2)3/h8H,4-6H2,1-3H3,(H,10,11). The summed E-state index contributed by atoms with van der Waals surface area (Å²) in [5.41, 5.74) is 0.311. The molecule has 1 amide bonds. The van der Waals surface area contributed by atoms with Crippen LogP contribution in [0.3, 0.4) is 0 Å². The lowest BCUT2D eigenvalue weighted by molar-refractivity contribution is -0.120. The molecule has 1 fully saturated rings. The Labute approximate surface area is 68.4 Å². The predicted octanol–water partition coefficient (Wildman–Crippen LogP) is 1.70. The average Bonchev–Trinajstić information content (AvgIpc) is 2.10. The molecule has 0 aliphatic heterocycles. The molecule has 1 atom stereocenters. The zero-order chi connectivity index (χ0) is 8.48. The van der Waals surface area contributed by atoms with Gasteiger partial charge >= 0.3 is 0 Å². The summed E-state index contributed by atoms with van der Waals surface area (Å²) >= 11 is 0. The molecule has 2 heteroatoms. The van der Waals surface area contributed by atoms with Crippen molar-refractivity contribution in [2.75, 3.05) is 0 Å². The molecule has 0 saturated heterocycles. The highest BCUT2D eigenvalue weighted by molar-refractivity contribution is 5.73. The molecule has 0 aromatic rings. The first kappa shape index (κ1) is 8.57. The number of hydrogen-bond donors (Lipinski definition) is 1. The van der Waals surface area contributed by atoms with Crippen molar-refractivity contribution in [1.82, 2.24) is 5.32 Å². The van der Waals surface area contributed by atoms with Gasteiger partial charge in [-0.15, -0.1) is 0 Å². The first-order chi connectivity index (χ1) is 5.02. The molecule has 0 spiro atoms. The van der Waals surface area contributed by atoms with Crippen molar-refractivity contribution in [3.63, 3.8) is 0 Å². The van der Waals surface area contributed by atoms with E-state index in [9.17, 15) is 4.79 Å². The van der Waals surface area contributed by atoms with E-state index >= 15 is 0 Å². The Morgan fingerprint density at radius 1 is 1.55 bits per heavy atom. The van der Waals surface area contributed by atoms with Gasteiger partial charge in [0, 0.05) is 13.0 Å². The number of carbonyl (C=O) groups is 1. The van der Waals surface area contributed by atoms with E-state index in [-0.39, 0.29) is 5.91 Å². The van der Waals surface area contributed by atoms with Gasteiger partial charge in [-0.25, -0.2) is 0 Å². The van der Waals surface area contributed by atoms with Crippen molar-refractivity contribution >= 4 is 5.91 Å². The molecule has 0 bridgehead atoms. The number of hydrogen-bond acceptors (Lipinski definition) is 1. The molecule has 0 aromatic heterocycles. The third-order valence-electron chi connectivity index (χ3n) is 2.63. The lowest BCUT2D eigenvalue weighted by atomic mass is 9.87. The van der Waals surface area contributed by atoms with Gasteiger partial charge in [0.25, 0.3) is 0 Å². The van der Waals surface area contributed by atoms with Crippen molar-refractivity contribution in [2.24, 2.45) is 5.41 Å². The second-order valence-electron chi connectivity index (χ2n) is 4.13. The highest BCUT2D eigenvalue weighted by Gasteiger charge is 2.34. The lowest BCUT2D eigenvalue weighted by Gasteiger charge is -2.27. The third kappa shape index (κ3) is 1.95. The SMILES string of the molecule is CC(=O)NC1CCCC1(C)C. The van der Waals surface area contributed by atoms with Crippen LogP contribution in [-0.2, 0) is 4.79 Å². The number of nitrogens with one attached hydrogen (secondary N) is 1. The maximum absolute atomic E-state index is 10.8. The molecule has 1 saturated carbocycles. The molecule has 1 N–H and O–H groups in total. The van der Waals surface area contributed by atoms with E-state index in [4.69, 9.17) is 0 Å². The Morgan fingerprint density at radius 3 is 2.55 bits per heavy atom. The number of carbonyl (C=O) groups excluding carboxylic acids is 1. The summed E-state index contributed by atoms with van der Waals surface area (Å²) in [6.45, 7) is 6.04. The first-order valence-corrected chi connectivity index (χ1v) is 4.29. The molecule has 0 aromatic carbocycles. The summed E-state index contributed by atoms with van der Waals surface area (Å²) in [5, 5.41) is 2.99. The minimum absolute atomic E-state index is 0.102. The Hall–Kier alpha value is -0.530. The van der Waals surface area contributed by atoms with Crippen molar-refractivity contribution < 1.29 is 4.79 Å². The maximum atomic E-state index is 10.8. The van der Waals surface area contributed by atoms with Gasteiger partial charge in [-0.05, 0) is 18.3 Å². The minimum atomic E-state index is 0.102. The van der Waals surface area contributed by atoms with Crippen molar-refractivity contribution in [2.45, 2.75) is 46.1 Å². The van der Waals surface area contributed by atoms with Crippen LogP contribution in [0.4, 0.5) is 0 Å². The van der Waals surface area contributed by atoms with Gasteiger partial charge in [-0.2, -0.15) is 0 Å². The smallest absolute Gasteiger partial charge is 0.217 e. The number of rotatable bonds is 1. The largest absolute Gasteiger partial charge is 0.353 e. The van der Waals surface area contributed by atoms with Crippen LogP contribution in [0.15, 0.2) is 0 Å². The summed E-state index contributed by atoms with van der Waals surface area (Å²) in [7, 11) is 0. The molecule has 1 aliphatic carbocycles. The van der Waals surface area contributed by atoms with Crippen LogP contribution in [-0.4, -0.2) is 11.9 Å². The van der Waals surface area contributed by atoms with E-state index in [1.54, 1.807) is 6.92 Å². The lowest BCUT2D eigenvalue weighted by Crippen LogP contribution is -2.40. The summed E-state index contributed by atoms with van der Waals surface area (Å²) in [6.07, 6.45) is 3.63. The highest BCUT2D eigenvalue weighted by Crippen LogP contribution is 2.36. The van der Waals surface area contributed by atoms with Crippen LogP contribution in [0.5, 0.6) is 0 Å². The molecule has 1 unspecified atom stereocenters. The zero-order valence-electron chi connectivity index (χ0n) is 7.61. The molecule has 1 rings (SSSR count). The minimum Gasteiger partial charge on any atom is -0.353 e. The Bertz CT molecular complexity index is 163. The molecule has 2 nitrogen and oxygen atoms in total. The van der Waals surface area contributed by atoms with E-state index in [0.717, 1.165) is 6.42 Å². The molecule has 11 heavy (non-hydrogen) atoms. The Balaban J connectivity index is 2.51. The van der Waals surface area contributed by atoms with Crippen LogP contribution >= 0.6 is 0 Å². The van der Waals surface area contributed by atoms with Crippen molar-refractivity contribution in [3.05, 3.63) is 0 Å². The van der Waals surface area contributed by atoms with Gasteiger partial charge in [0.2, 0.25) is 5.91 Å². The van der Waals surface area contributed by atoms with Crippen LogP contribution in [0.25, 0.3) is 0 Å². The predicted molar refractivity (Wildman–Crippen MR) is 45.2 cm³/mol. The summed E-state index contributed by atoms with van der Waals surface area (Å²) in [6, 6.07) is 0.403. The van der Waals surface area contributed by atoms with Gasteiger partial charge in [0.05, 0.1) is 0 Å². The van der Waals surface area contributed by atoms with Crippen LogP contribution in [0.2, 0.25) is 0 Å². The third-order valence-corrected chi connectivity index (χ3v) is 2.63. The summed E-state index contributed by atoms with van der Waals surface area (Å²) in [5.74, 6) is 0.102. The monoisotopic (exact) mass is 155 g/mol. The van der Waals surface area contributed by atoms with Crippen LogP contribution in [0, 0.1) is 5.41 Å². The van der Waals surface area contributed by atoms with E-state index in [1.807, 2.05) is 0 Å². The molecule has 64 valence electrons. The fraction of sp³-hybridized carbons (Fsp3) is 0.889.